The number of nitrogens with zero attached hydrogens (tertiary/aromatic N) is 1. The molecule has 5 heteroatoms. The normalized spacial score (nSPS) is 20.8. The smallest absolute Gasteiger partial charge is 0.305 e. The molecule has 0 aromatic heterocycles. The minimum Gasteiger partial charge on any atom is -0.481 e. The number of carbonyl (C=O) groups is 2. The number of likely N-dealkylation sites (tertiary alicyclic amines) is 1. The van der Waals surface area contributed by atoms with Crippen molar-refractivity contribution in [3.05, 3.63) is 0 Å². The second-order valence-corrected chi connectivity index (χ2v) is 5.92. The van der Waals surface area contributed by atoms with Crippen LogP contribution < -0.4 is 5.73 Å². The summed E-state index contributed by atoms with van der Waals surface area (Å²) < 4.78 is 0. The van der Waals surface area contributed by atoms with Crippen LogP contribution in [-0.4, -0.2) is 41.0 Å². The first-order valence-corrected chi connectivity index (χ1v) is 7.15. The van der Waals surface area contributed by atoms with Crippen LogP contribution in [0.2, 0.25) is 0 Å². The van der Waals surface area contributed by atoms with Gasteiger partial charge in [-0.1, -0.05) is 13.8 Å². The van der Waals surface area contributed by atoms with Crippen molar-refractivity contribution in [3.63, 3.8) is 0 Å². The molecule has 0 radical (unpaired) electrons. The van der Waals surface area contributed by atoms with Crippen LogP contribution in [0.5, 0.6) is 0 Å². The molecule has 110 valence electrons. The number of amides is 1. The van der Waals surface area contributed by atoms with Crippen LogP contribution in [0.25, 0.3) is 0 Å². The second kappa shape index (κ2) is 7.48. The fraction of sp³-hybridized carbons (Fsp3) is 0.857. The molecule has 1 saturated heterocycles. The Morgan fingerprint density at radius 3 is 2.63 bits per heavy atom. The lowest BCUT2D eigenvalue weighted by molar-refractivity contribution is -0.140. The maximum Gasteiger partial charge on any atom is 0.305 e. The first kappa shape index (κ1) is 16.0. The van der Waals surface area contributed by atoms with Crippen molar-refractivity contribution in [1.29, 1.82) is 0 Å². The number of carboxylic acid groups (broad SMARTS) is 1. The van der Waals surface area contributed by atoms with Crippen molar-refractivity contribution in [3.8, 4) is 0 Å². The molecule has 1 fully saturated rings. The zero-order chi connectivity index (χ0) is 14.4. The van der Waals surface area contributed by atoms with Crippen LogP contribution in [-0.2, 0) is 9.59 Å². The van der Waals surface area contributed by atoms with Crippen molar-refractivity contribution in [2.75, 3.05) is 13.1 Å². The monoisotopic (exact) mass is 270 g/mol. The van der Waals surface area contributed by atoms with E-state index in [0.29, 0.717) is 25.4 Å². The molecule has 0 saturated carbocycles. The van der Waals surface area contributed by atoms with Crippen LogP contribution in [0.1, 0.15) is 46.0 Å². The van der Waals surface area contributed by atoms with E-state index in [4.69, 9.17) is 10.8 Å². The second-order valence-electron chi connectivity index (χ2n) is 5.92. The molecule has 0 aliphatic carbocycles. The Labute approximate surface area is 115 Å². The molecule has 3 N–H and O–H groups in total. The van der Waals surface area contributed by atoms with Crippen molar-refractivity contribution in [1.82, 2.24) is 4.90 Å². The van der Waals surface area contributed by atoms with Gasteiger partial charge in [-0.15, -0.1) is 0 Å². The molecule has 0 bridgehead atoms. The fourth-order valence-electron chi connectivity index (χ4n) is 2.87. The van der Waals surface area contributed by atoms with Gasteiger partial charge in [0, 0.05) is 19.0 Å². The third kappa shape index (κ3) is 5.19. The van der Waals surface area contributed by atoms with Gasteiger partial charge in [-0.2, -0.15) is 0 Å². The van der Waals surface area contributed by atoms with Gasteiger partial charge in [0.2, 0.25) is 5.91 Å². The summed E-state index contributed by atoms with van der Waals surface area (Å²) in [7, 11) is 0. The molecular formula is C14H26N2O3. The number of nitrogens with two attached hydrogens (primary N) is 1. The first-order valence-electron chi connectivity index (χ1n) is 7.15. The molecule has 1 amide bonds. The Bertz CT molecular complexity index is 318. The van der Waals surface area contributed by atoms with E-state index in [0.717, 1.165) is 19.3 Å². The number of hydrogen-bond acceptors (Lipinski definition) is 3. The third-order valence-corrected chi connectivity index (χ3v) is 3.71. The van der Waals surface area contributed by atoms with E-state index < -0.39 is 5.97 Å². The Morgan fingerprint density at radius 2 is 2.11 bits per heavy atom. The number of aliphatic carboxylic acids is 1. The van der Waals surface area contributed by atoms with Crippen LogP contribution in [0, 0.1) is 11.8 Å². The summed E-state index contributed by atoms with van der Waals surface area (Å²) in [5.74, 6) is -0.0320. The number of rotatable bonds is 7. The fourth-order valence-corrected chi connectivity index (χ4v) is 2.87. The topological polar surface area (TPSA) is 83.6 Å². The average Bonchev–Trinajstić information content (AvgIpc) is 2.74. The Hall–Kier alpha value is -1.10. The maximum atomic E-state index is 12.3. The van der Waals surface area contributed by atoms with E-state index in [1.54, 1.807) is 4.90 Å². The van der Waals surface area contributed by atoms with Gasteiger partial charge in [0.05, 0.1) is 6.42 Å². The van der Waals surface area contributed by atoms with Gasteiger partial charge in [0.1, 0.15) is 0 Å². The lowest BCUT2D eigenvalue weighted by Crippen LogP contribution is -2.38. The highest BCUT2D eigenvalue weighted by molar-refractivity contribution is 5.78. The molecule has 19 heavy (non-hydrogen) atoms. The summed E-state index contributed by atoms with van der Waals surface area (Å²) in [6.07, 6.45) is 3.16. The number of hydrogen-bond donors (Lipinski definition) is 2. The first-order chi connectivity index (χ1) is 8.93. The van der Waals surface area contributed by atoms with E-state index >= 15 is 0 Å². The predicted octanol–water partition coefficient (Wildman–Crippen LogP) is 1.46. The highest BCUT2D eigenvalue weighted by Gasteiger charge is 2.31. The minimum absolute atomic E-state index is 0.0587. The van der Waals surface area contributed by atoms with Gasteiger partial charge in [0.25, 0.3) is 0 Å². The molecule has 0 aromatic carbocycles. The molecule has 1 rings (SSSR count). The molecule has 1 aliphatic heterocycles. The van der Waals surface area contributed by atoms with E-state index in [1.807, 2.05) is 0 Å². The van der Waals surface area contributed by atoms with Crippen LogP contribution in [0.15, 0.2) is 0 Å². The number of carboxylic acids is 1. The van der Waals surface area contributed by atoms with Crippen molar-refractivity contribution in [2.45, 2.75) is 52.0 Å². The van der Waals surface area contributed by atoms with E-state index in [1.165, 1.54) is 0 Å². The van der Waals surface area contributed by atoms with Crippen LogP contribution >= 0.6 is 0 Å². The van der Waals surface area contributed by atoms with Gasteiger partial charge >= 0.3 is 5.97 Å². The average molecular weight is 270 g/mol. The molecule has 2 atom stereocenters. The van der Waals surface area contributed by atoms with Gasteiger partial charge in [-0.05, 0) is 37.6 Å². The summed E-state index contributed by atoms with van der Waals surface area (Å²) in [5.41, 5.74) is 5.72. The molecule has 0 aromatic rings. The zero-order valence-electron chi connectivity index (χ0n) is 12.0. The summed E-state index contributed by atoms with van der Waals surface area (Å²) in [6.45, 7) is 5.45. The minimum atomic E-state index is -0.831. The Balaban J connectivity index is 2.53. The van der Waals surface area contributed by atoms with Gasteiger partial charge in [-0.25, -0.2) is 0 Å². The number of carbonyl (C=O) groups excluding carboxylic acids is 1. The third-order valence-electron chi connectivity index (χ3n) is 3.71. The largest absolute Gasteiger partial charge is 0.481 e. The Kier molecular flexibility index (Phi) is 6.28. The standard InChI is InChI=1S/C14H26N2O3/c1-10(2)6-11(9-15)7-13(17)16-5-3-4-12(16)8-14(18)19/h10-12H,3-9,15H2,1-2H3,(H,18,19)/t11-,12?/m0/s1. The Morgan fingerprint density at radius 1 is 1.42 bits per heavy atom. The molecular weight excluding hydrogens is 244 g/mol. The van der Waals surface area contributed by atoms with Crippen molar-refractivity contribution in [2.24, 2.45) is 17.6 Å². The molecule has 1 heterocycles. The molecule has 1 unspecified atom stereocenters. The molecule has 0 spiro atoms. The van der Waals surface area contributed by atoms with Gasteiger partial charge < -0.3 is 15.7 Å². The lowest BCUT2D eigenvalue weighted by atomic mass is 9.93. The quantitative estimate of drug-likeness (QED) is 0.733. The lowest BCUT2D eigenvalue weighted by Gasteiger charge is -2.26. The summed E-state index contributed by atoms with van der Waals surface area (Å²) >= 11 is 0. The molecule has 5 nitrogen and oxygen atoms in total. The van der Waals surface area contributed by atoms with E-state index in [2.05, 4.69) is 13.8 Å². The van der Waals surface area contributed by atoms with Crippen LogP contribution in [0.3, 0.4) is 0 Å². The maximum absolute atomic E-state index is 12.3. The van der Waals surface area contributed by atoms with Gasteiger partial charge in [0.15, 0.2) is 0 Å². The summed E-state index contributed by atoms with van der Waals surface area (Å²) in [4.78, 5) is 24.8. The van der Waals surface area contributed by atoms with Crippen molar-refractivity contribution >= 4 is 11.9 Å². The van der Waals surface area contributed by atoms with E-state index in [9.17, 15) is 9.59 Å². The van der Waals surface area contributed by atoms with Gasteiger partial charge in [-0.3, -0.25) is 9.59 Å². The SMILES string of the molecule is CC(C)C[C@H](CN)CC(=O)N1CCCC1CC(=O)O. The summed E-state index contributed by atoms with van der Waals surface area (Å²) in [6, 6.07) is -0.123. The van der Waals surface area contributed by atoms with Crippen molar-refractivity contribution < 1.29 is 14.7 Å². The highest BCUT2D eigenvalue weighted by atomic mass is 16.4. The summed E-state index contributed by atoms with van der Waals surface area (Å²) in [5, 5.41) is 8.86. The highest BCUT2D eigenvalue weighted by Crippen LogP contribution is 2.23. The van der Waals surface area contributed by atoms with E-state index in [-0.39, 0.29) is 24.3 Å². The van der Waals surface area contributed by atoms with Crippen LogP contribution in [0.4, 0.5) is 0 Å². The molecule has 1 aliphatic rings. The zero-order valence-corrected chi connectivity index (χ0v) is 12.0. The predicted molar refractivity (Wildman–Crippen MR) is 73.6 cm³/mol.